The average molecular weight is 375 g/mol. The first kappa shape index (κ1) is 15.2. The molecule has 0 saturated carbocycles. The van der Waals surface area contributed by atoms with Crippen LogP contribution in [0, 0.1) is 17.2 Å². The molecule has 1 saturated heterocycles. The van der Waals surface area contributed by atoms with Crippen molar-refractivity contribution in [1.29, 1.82) is 5.26 Å². The van der Waals surface area contributed by atoms with Gasteiger partial charge in [0.1, 0.15) is 11.6 Å². The molecule has 1 atom stereocenters. The smallest absolute Gasteiger partial charge is 0.308 e. The van der Waals surface area contributed by atoms with Crippen LogP contribution in [0.5, 0.6) is 0 Å². The van der Waals surface area contributed by atoms with Gasteiger partial charge in [-0.3, -0.25) is 14.5 Å². The number of carbonyl (C=O) groups excluding carboxylic acids is 1. The molecule has 2 heterocycles. The van der Waals surface area contributed by atoms with E-state index in [9.17, 15) is 14.9 Å². The summed E-state index contributed by atoms with van der Waals surface area (Å²) < 4.78 is 2.37. The molecule has 116 valence electrons. The van der Waals surface area contributed by atoms with Crippen molar-refractivity contribution >= 4 is 33.6 Å². The second-order valence-electron chi connectivity index (χ2n) is 5.13. The number of benzene rings is 1. The van der Waals surface area contributed by atoms with E-state index in [1.54, 1.807) is 12.1 Å². The molecule has 1 aliphatic rings. The van der Waals surface area contributed by atoms with Gasteiger partial charge in [-0.25, -0.2) is 4.68 Å². The van der Waals surface area contributed by atoms with Crippen LogP contribution in [-0.2, 0) is 9.59 Å². The number of rotatable bonds is 3. The van der Waals surface area contributed by atoms with E-state index in [0.29, 0.717) is 11.5 Å². The molecule has 1 fully saturated rings. The normalized spacial score (nSPS) is 17.3. The molecule has 1 amide bonds. The zero-order chi connectivity index (χ0) is 16.6. The van der Waals surface area contributed by atoms with Gasteiger partial charge in [0, 0.05) is 17.4 Å². The van der Waals surface area contributed by atoms with Crippen LogP contribution in [0.3, 0.4) is 0 Å². The second-order valence-corrected chi connectivity index (χ2v) is 6.04. The van der Waals surface area contributed by atoms with Gasteiger partial charge in [0.2, 0.25) is 5.91 Å². The third-order valence-corrected chi connectivity index (χ3v) is 4.19. The third-order valence-electron chi connectivity index (χ3n) is 3.67. The van der Waals surface area contributed by atoms with Gasteiger partial charge in [-0.2, -0.15) is 10.4 Å². The lowest BCUT2D eigenvalue weighted by Crippen LogP contribution is -2.28. The maximum absolute atomic E-state index is 12.2. The summed E-state index contributed by atoms with van der Waals surface area (Å²) in [6, 6.07) is 9.22. The van der Waals surface area contributed by atoms with Crippen LogP contribution in [0.25, 0.3) is 5.69 Å². The maximum Gasteiger partial charge on any atom is 0.308 e. The second kappa shape index (κ2) is 5.85. The molecule has 1 aromatic heterocycles. The fourth-order valence-electron chi connectivity index (χ4n) is 2.53. The highest BCUT2D eigenvalue weighted by molar-refractivity contribution is 9.10. The standard InChI is InChI=1S/C15H11BrN4O3/c16-11-1-3-12(4-2-11)20-14(10(6-17)7-18-20)19-8-9(15(22)23)5-13(19)21/h1-4,7,9H,5,8H2,(H,22,23). The first-order valence-corrected chi connectivity index (χ1v) is 7.58. The molecule has 1 aliphatic heterocycles. The van der Waals surface area contributed by atoms with Crippen LogP contribution in [0.15, 0.2) is 34.9 Å². The van der Waals surface area contributed by atoms with Crippen molar-refractivity contribution in [1.82, 2.24) is 9.78 Å². The summed E-state index contributed by atoms with van der Waals surface area (Å²) in [6.07, 6.45) is 1.30. The molecular formula is C15H11BrN4O3. The molecule has 23 heavy (non-hydrogen) atoms. The number of aromatic nitrogens is 2. The Hall–Kier alpha value is -2.66. The molecule has 1 N–H and O–H groups in total. The highest BCUT2D eigenvalue weighted by Gasteiger charge is 2.38. The van der Waals surface area contributed by atoms with Crippen LogP contribution in [0.2, 0.25) is 0 Å². The number of anilines is 1. The van der Waals surface area contributed by atoms with E-state index in [-0.39, 0.29) is 24.4 Å². The lowest BCUT2D eigenvalue weighted by atomic mass is 10.1. The fraction of sp³-hybridized carbons (Fsp3) is 0.200. The molecule has 3 rings (SSSR count). The number of amides is 1. The van der Waals surface area contributed by atoms with Crippen LogP contribution >= 0.6 is 15.9 Å². The molecular weight excluding hydrogens is 364 g/mol. The Labute approximate surface area is 139 Å². The summed E-state index contributed by atoms with van der Waals surface area (Å²) >= 11 is 3.34. The molecule has 0 radical (unpaired) electrons. The van der Waals surface area contributed by atoms with Crippen molar-refractivity contribution in [2.75, 3.05) is 11.4 Å². The molecule has 1 unspecified atom stereocenters. The van der Waals surface area contributed by atoms with E-state index in [0.717, 1.165) is 4.47 Å². The monoisotopic (exact) mass is 374 g/mol. The Morgan fingerprint density at radius 1 is 1.39 bits per heavy atom. The Morgan fingerprint density at radius 3 is 2.65 bits per heavy atom. The Kier molecular flexibility index (Phi) is 3.88. The van der Waals surface area contributed by atoms with Gasteiger partial charge >= 0.3 is 5.97 Å². The van der Waals surface area contributed by atoms with Crippen molar-refractivity contribution in [2.24, 2.45) is 5.92 Å². The predicted molar refractivity (Wildman–Crippen MR) is 84.1 cm³/mol. The van der Waals surface area contributed by atoms with Crippen LogP contribution < -0.4 is 4.90 Å². The van der Waals surface area contributed by atoms with Crippen LogP contribution in [-0.4, -0.2) is 33.3 Å². The molecule has 0 bridgehead atoms. The SMILES string of the molecule is N#Cc1cnn(-c2ccc(Br)cc2)c1N1CC(C(=O)O)CC1=O. The van der Waals surface area contributed by atoms with Gasteiger partial charge in [0.15, 0.2) is 5.82 Å². The van der Waals surface area contributed by atoms with Crippen LogP contribution in [0.1, 0.15) is 12.0 Å². The summed E-state index contributed by atoms with van der Waals surface area (Å²) in [7, 11) is 0. The summed E-state index contributed by atoms with van der Waals surface area (Å²) in [4.78, 5) is 24.7. The number of aliphatic carboxylic acids is 1. The minimum absolute atomic E-state index is 0.0328. The number of hydrogen-bond acceptors (Lipinski definition) is 4. The van der Waals surface area contributed by atoms with E-state index >= 15 is 0 Å². The summed E-state index contributed by atoms with van der Waals surface area (Å²) in [5.74, 6) is -1.81. The summed E-state index contributed by atoms with van der Waals surface area (Å²) in [5, 5.41) is 22.6. The lowest BCUT2D eigenvalue weighted by molar-refractivity contribution is -0.141. The largest absolute Gasteiger partial charge is 0.481 e. The zero-order valence-corrected chi connectivity index (χ0v) is 13.4. The number of carboxylic acids is 1. The van der Waals surface area contributed by atoms with Gasteiger partial charge in [-0.15, -0.1) is 0 Å². The highest BCUT2D eigenvalue weighted by atomic mass is 79.9. The van der Waals surface area contributed by atoms with Gasteiger partial charge < -0.3 is 5.11 Å². The molecule has 7 nitrogen and oxygen atoms in total. The predicted octanol–water partition coefficient (Wildman–Crippen LogP) is 1.94. The van der Waals surface area contributed by atoms with E-state index in [4.69, 9.17) is 5.11 Å². The minimum Gasteiger partial charge on any atom is -0.481 e. The van der Waals surface area contributed by atoms with Gasteiger partial charge in [0.25, 0.3) is 0 Å². The zero-order valence-electron chi connectivity index (χ0n) is 11.8. The van der Waals surface area contributed by atoms with Gasteiger partial charge in [0.05, 0.1) is 17.8 Å². The number of carboxylic acid groups (broad SMARTS) is 1. The van der Waals surface area contributed by atoms with E-state index in [1.807, 2.05) is 18.2 Å². The Balaban J connectivity index is 2.07. The maximum atomic E-state index is 12.2. The molecule has 8 heteroatoms. The van der Waals surface area contributed by atoms with Crippen LogP contribution in [0.4, 0.5) is 5.82 Å². The third kappa shape index (κ3) is 2.71. The van der Waals surface area contributed by atoms with E-state index < -0.39 is 11.9 Å². The molecule has 2 aromatic rings. The van der Waals surface area contributed by atoms with Gasteiger partial charge in [-0.1, -0.05) is 15.9 Å². The first-order valence-electron chi connectivity index (χ1n) is 6.78. The van der Waals surface area contributed by atoms with E-state index in [1.165, 1.54) is 15.8 Å². The van der Waals surface area contributed by atoms with E-state index in [2.05, 4.69) is 21.0 Å². The average Bonchev–Trinajstić information content (AvgIpc) is 3.11. The van der Waals surface area contributed by atoms with Crippen molar-refractivity contribution < 1.29 is 14.7 Å². The number of hydrogen-bond donors (Lipinski definition) is 1. The minimum atomic E-state index is -1.02. The van der Waals surface area contributed by atoms with Crippen molar-refractivity contribution in [3.63, 3.8) is 0 Å². The number of nitrogens with zero attached hydrogens (tertiary/aromatic N) is 4. The molecule has 0 aliphatic carbocycles. The number of nitriles is 1. The highest BCUT2D eigenvalue weighted by Crippen LogP contribution is 2.30. The summed E-state index contributed by atoms with van der Waals surface area (Å²) in [5.41, 5.74) is 0.906. The topological polar surface area (TPSA) is 99.2 Å². The lowest BCUT2D eigenvalue weighted by Gasteiger charge is -2.18. The summed E-state index contributed by atoms with van der Waals surface area (Å²) in [6.45, 7) is 0.0328. The number of carbonyl (C=O) groups is 2. The molecule has 0 spiro atoms. The quantitative estimate of drug-likeness (QED) is 0.884. The van der Waals surface area contributed by atoms with Crippen molar-refractivity contribution in [3.8, 4) is 11.8 Å². The van der Waals surface area contributed by atoms with Crippen molar-refractivity contribution in [3.05, 3.63) is 40.5 Å². The Morgan fingerprint density at radius 2 is 2.09 bits per heavy atom. The fourth-order valence-corrected chi connectivity index (χ4v) is 2.79. The Bertz CT molecular complexity index is 822. The number of halogens is 1. The van der Waals surface area contributed by atoms with Gasteiger partial charge in [-0.05, 0) is 24.3 Å². The molecule has 1 aromatic carbocycles. The first-order chi connectivity index (χ1) is 11.0. The van der Waals surface area contributed by atoms with Crippen molar-refractivity contribution in [2.45, 2.75) is 6.42 Å².